The number of ether oxygens (including phenoxy) is 2. The molecule has 0 aliphatic rings. The van der Waals surface area contributed by atoms with Crippen LogP contribution in [0.2, 0.25) is 0 Å². The van der Waals surface area contributed by atoms with Gasteiger partial charge in [0.1, 0.15) is 24.4 Å². The first-order valence-electron chi connectivity index (χ1n) is 11.0. The van der Waals surface area contributed by atoms with E-state index in [2.05, 4.69) is 52.2 Å². The molecular formula is C24H35Br2N3O6. The summed E-state index contributed by atoms with van der Waals surface area (Å²) in [6, 6.07) is 1.36. The van der Waals surface area contributed by atoms with Crippen LogP contribution in [0.1, 0.15) is 54.0 Å². The molecule has 0 saturated carbocycles. The lowest BCUT2D eigenvalue weighted by atomic mass is 9.86. The van der Waals surface area contributed by atoms with Gasteiger partial charge in [-0.15, -0.1) is 0 Å². The largest absolute Gasteiger partial charge is 0.506 e. The van der Waals surface area contributed by atoms with Crippen molar-refractivity contribution in [2.24, 2.45) is 10.4 Å². The average molecular weight is 621 g/mol. The van der Waals surface area contributed by atoms with E-state index in [0.717, 1.165) is 4.47 Å². The van der Waals surface area contributed by atoms with E-state index >= 15 is 0 Å². The zero-order chi connectivity index (χ0) is 27.1. The van der Waals surface area contributed by atoms with Crippen molar-refractivity contribution in [1.29, 1.82) is 0 Å². The minimum absolute atomic E-state index is 0.0164. The highest BCUT2D eigenvalue weighted by Gasteiger charge is 2.36. The molecule has 196 valence electrons. The molecule has 0 bridgehead atoms. The molecule has 0 heterocycles. The molecule has 0 aliphatic heterocycles. The van der Waals surface area contributed by atoms with E-state index in [0.29, 0.717) is 10.0 Å². The van der Waals surface area contributed by atoms with Gasteiger partial charge in [-0.05, 0) is 61.2 Å². The van der Waals surface area contributed by atoms with Gasteiger partial charge in [-0.1, -0.05) is 36.7 Å². The molecule has 0 saturated heterocycles. The first kappa shape index (κ1) is 31.1. The number of phenols is 1. The van der Waals surface area contributed by atoms with Gasteiger partial charge in [0.25, 0.3) is 0 Å². The summed E-state index contributed by atoms with van der Waals surface area (Å²) in [5.41, 5.74) is -0.802. The van der Waals surface area contributed by atoms with Crippen LogP contribution >= 0.6 is 31.9 Å². The molecule has 11 heteroatoms. The van der Waals surface area contributed by atoms with Gasteiger partial charge in [0, 0.05) is 16.3 Å². The molecule has 0 radical (unpaired) electrons. The fraction of sp³-hybridized carbons (Fsp3) is 0.583. The van der Waals surface area contributed by atoms with Crippen LogP contribution in [0.25, 0.3) is 0 Å². The van der Waals surface area contributed by atoms with E-state index in [9.17, 15) is 19.5 Å². The Kier molecular flexibility index (Phi) is 11.4. The number of carbonyl (C=O) groups excluding carboxylic acids is 3. The third-order valence-electron chi connectivity index (χ3n) is 4.71. The van der Waals surface area contributed by atoms with Gasteiger partial charge in [0.15, 0.2) is 0 Å². The standard InChI is InChI=1S/C24H35Br2N3O6/c1-13(35-24(5,6)7)18(21(32)28-12-17(30)34-8)29-22(33)20(23(2,3)4)27-11-14-9-15(25)10-16(26)19(14)31/h9-11,13,18,20,31H,12H2,1-8H3,(H,28,32)(H,29,33)/t13?,18-,20-/m1/s1. The highest BCUT2D eigenvalue weighted by atomic mass is 79.9. The number of hydrogen-bond donors (Lipinski definition) is 3. The predicted molar refractivity (Wildman–Crippen MR) is 142 cm³/mol. The molecule has 0 spiro atoms. The number of hydrogen-bond acceptors (Lipinski definition) is 7. The second-order valence-corrected chi connectivity index (χ2v) is 11.9. The Hall–Kier alpha value is -1.98. The summed E-state index contributed by atoms with van der Waals surface area (Å²) in [6.45, 7) is 12.3. The van der Waals surface area contributed by atoms with Gasteiger partial charge in [-0.3, -0.25) is 19.4 Å². The van der Waals surface area contributed by atoms with E-state index in [1.807, 2.05) is 41.5 Å². The average Bonchev–Trinajstić information content (AvgIpc) is 2.70. The van der Waals surface area contributed by atoms with E-state index in [4.69, 9.17) is 4.74 Å². The van der Waals surface area contributed by atoms with Gasteiger partial charge >= 0.3 is 5.97 Å². The van der Waals surface area contributed by atoms with E-state index in [-0.39, 0.29) is 12.3 Å². The molecule has 35 heavy (non-hydrogen) atoms. The normalized spacial score (nSPS) is 14.8. The number of amides is 2. The molecule has 0 fully saturated rings. The SMILES string of the molecule is COC(=O)CNC(=O)[C@H](NC(=O)[C@@H](N=Cc1cc(Br)cc(Br)c1O)C(C)(C)C)C(C)OC(C)(C)C. The summed E-state index contributed by atoms with van der Waals surface area (Å²) in [6.07, 6.45) is 0.702. The Morgan fingerprint density at radius 1 is 1.11 bits per heavy atom. The number of nitrogens with zero attached hydrogens (tertiary/aromatic N) is 1. The van der Waals surface area contributed by atoms with Crippen molar-refractivity contribution in [3.8, 4) is 5.75 Å². The fourth-order valence-electron chi connectivity index (χ4n) is 3.12. The van der Waals surface area contributed by atoms with E-state index in [1.54, 1.807) is 19.1 Å². The van der Waals surface area contributed by atoms with Crippen molar-refractivity contribution in [3.05, 3.63) is 26.6 Å². The Morgan fingerprint density at radius 2 is 1.71 bits per heavy atom. The zero-order valence-corrected chi connectivity index (χ0v) is 24.5. The molecule has 1 aromatic rings. The molecular weight excluding hydrogens is 586 g/mol. The summed E-state index contributed by atoms with van der Waals surface area (Å²) in [5.74, 6) is -1.74. The maximum absolute atomic E-state index is 13.4. The number of benzene rings is 1. The van der Waals surface area contributed by atoms with Crippen molar-refractivity contribution in [2.45, 2.75) is 72.3 Å². The Morgan fingerprint density at radius 3 is 2.23 bits per heavy atom. The van der Waals surface area contributed by atoms with Crippen LogP contribution in [0.4, 0.5) is 0 Å². The smallest absolute Gasteiger partial charge is 0.325 e. The molecule has 3 N–H and O–H groups in total. The number of rotatable bonds is 9. The van der Waals surface area contributed by atoms with Gasteiger partial charge in [-0.25, -0.2) is 0 Å². The maximum Gasteiger partial charge on any atom is 0.325 e. The molecule has 2 amide bonds. The Bertz CT molecular complexity index is 954. The van der Waals surface area contributed by atoms with E-state index < -0.39 is 47.0 Å². The second-order valence-electron chi connectivity index (χ2n) is 10.1. The van der Waals surface area contributed by atoms with E-state index in [1.165, 1.54) is 13.3 Å². The highest BCUT2D eigenvalue weighted by Crippen LogP contribution is 2.31. The summed E-state index contributed by atoms with van der Waals surface area (Å²) < 4.78 is 11.7. The van der Waals surface area contributed by atoms with Crippen molar-refractivity contribution in [2.75, 3.05) is 13.7 Å². The van der Waals surface area contributed by atoms with Crippen molar-refractivity contribution >= 4 is 55.9 Å². The first-order chi connectivity index (χ1) is 16.0. The number of nitrogens with one attached hydrogen (secondary N) is 2. The minimum Gasteiger partial charge on any atom is -0.506 e. The van der Waals surface area contributed by atoms with Crippen LogP contribution in [0.5, 0.6) is 5.75 Å². The fourth-order valence-corrected chi connectivity index (χ4v) is 4.38. The van der Waals surface area contributed by atoms with Crippen LogP contribution in [-0.4, -0.2) is 66.5 Å². The monoisotopic (exact) mass is 619 g/mol. The molecule has 1 aromatic carbocycles. The topological polar surface area (TPSA) is 126 Å². The minimum atomic E-state index is -1.10. The summed E-state index contributed by atoms with van der Waals surface area (Å²) in [7, 11) is 1.21. The lowest BCUT2D eigenvalue weighted by Gasteiger charge is -2.33. The number of carbonyl (C=O) groups is 3. The van der Waals surface area contributed by atoms with Gasteiger partial charge < -0.3 is 25.2 Å². The van der Waals surface area contributed by atoms with Gasteiger partial charge in [0.2, 0.25) is 11.8 Å². The number of halogens is 2. The predicted octanol–water partition coefficient (Wildman–Crippen LogP) is 3.73. The third kappa shape index (κ3) is 10.3. The first-order valence-corrected chi connectivity index (χ1v) is 12.6. The molecule has 1 rings (SSSR count). The molecule has 1 unspecified atom stereocenters. The highest BCUT2D eigenvalue weighted by molar-refractivity contribution is 9.11. The lowest BCUT2D eigenvalue weighted by molar-refractivity contribution is -0.143. The third-order valence-corrected chi connectivity index (χ3v) is 5.78. The maximum atomic E-state index is 13.4. The quantitative estimate of drug-likeness (QED) is 0.285. The van der Waals surface area contributed by atoms with Gasteiger partial charge in [0.05, 0.1) is 23.3 Å². The second kappa shape index (κ2) is 12.8. The van der Waals surface area contributed by atoms with Crippen LogP contribution in [0, 0.1) is 5.41 Å². The van der Waals surface area contributed by atoms with Crippen LogP contribution in [-0.2, 0) is 23.9 Å². The number of phenolic OH excluding ortho intramolecular Hbond substituents is 1. The summed E-state index contributed by atoms with van der Waals surface area (Å²) in [4.78, 5) is 42.2. The molecule has 0 aliphatic carbocycles. The molecule has 3 atom stereocenters. The summed E-state index contributed by atoms with van der Waals surface area (Å²) >= 11 is 6.65. The van der Waals surface area contributed by atoms with Crippen molar-refractivity contribution < 1.29 is 29.0 Å². The number of esters is 1. The number of methoxy groups -OCH3 is 1. The zero-order valence-electron chi connectivity index (χ0n) is 21.4. The number of aliphatic imine (C=N–C) groups is 1. The van der Waals surface area contributed by atoms with Gasteiger partial charge in [-0.2, -0.15) is 0 Å². The Labute approximate surface area is 223 Å². The van der Waals surface area contributed by atoms with Crippen LogP contribution < -0.4 is 10.6 Å². The van der Waals surface area contributed by atoms with Crippen LogP contribution in [0.15, 0.2) is 26.1 Å². The van der Waals surface area contributed by atoms with Crippen molar-refractivity contribution in [3.63, 3.8) is 0 Å². The molecule has 9 nitrogen and oxygen atoms in total. The van der Waals surface area contributed by atoms with Crippen LogP contribution in [0.3, 0.4) is 0 Å². The van der Waals surface area contributed by atoms with Crippen molar-refractivity contribution in [1.82, 2.24) is 10.6 Å². The number of aromatic hydroxyl groups is 1. The summed E-state index contributed by atoms with van der Waals surface area (Å²) in [5, 5.41) is 15.5. The Balaban J connectivity index is 3.25. The lowest BCUT2D eigenvalue weighted by Crippen LogP contribution is -2.57. The molecule has 0 aromatic heterocycles.